The number of hydrogen-bond acceptors (Lipinski definition) is 6. The Labute approximate surface area is 147 Å². The molecule has 24 heavy (non-hydrogen) atoms. The topological polar surface area (TPSA) is 54.7 Å². The van der Waals surface area contributed by atoms with E-state index in [9.17, 15) is 0 Å². The fourth-order valence-corrected chi connectivity index (χ4v) is 2.03. The molecule has 0 aliphatic rings. The fourth-order valence-electron chi connectivity index (χ4n) is 1.83. The molecule has 0 fully saturated rings. The Hall–Kier alpha value is -2.28. The minimum atomic E-state index is -0.282. The normalized spacial score (nSPS) is 12.3. The minimum Gasteiger partial charge on any atom is -0.497 e. The highest BCUT2D eigenvalue weighted by molar-refractivity contribution is 7.79. The van der Waals surface area contributed by atoms with Gasteiger partial charge in [0.05, 0.1) is 13.3 Å². The molecule has 0 amide bonds. The molecule has 0 aliphatic carbocycles. The second kappa shape index (κ2) is 8.01. The van der Waals surface area contributed by atoms with Crippen molar-refractivity contribution in [3.8, 4) is 11.5 Å². The van der Waals surface area contributed by atoms with Gasteiger partial charge >= 0.3 is 5.24 Å². The molecule has 0 radical (unpaired) electrons. The van der Waals surface area contributed by atoms with E-state index < -0.39 is 0 Å². The lowest BCUT2D eigenvalue weighted by Gasteiger charge is -2.30. The number of methoxy groups -OCH3 is 1. The van der Waals surface area contributed by atoms with Gasteiger partial charge in [-0.25, -0.2) is 4.98 Å². The first kappa shape index (κ1) is 18.1. The van der Waals surface area contributed by atoms with Gasteiger partial charge in [0.2, 0.25) is 0 Å². The van der Waals surface area contributed by atoms with Crippen molar-refractivity contribution < 1.29 is 19.0 Å². The van der Waals surface area contributed by atoms with Crippen molar-refractivity contribution in [2.24, 2.45) is 5.41 Å². The maximum Gasteiger partial charge on any atom is 0.378 e. The molecule has 130 valence electrons. The number of imidazole rings is 1. The predicted molar refractivity (Wildman–Crippen MR) is 94.2 cm³/mol. The van der Waals surface area contributed by atoms with Gasteiger partial charge in [0.15, 0.2) is 0 Å². The molecule has 0 bridgehead atoms. The van der Waals surface area contributed by atoms with E-state index in [0.717, 1.165) is 11.5 Å². The first-order valence-electron chi connectivity index (χ1n) is 7.52. The number of rotatable bonds is 6. The zero-order valence-electron chi connectivity index (χ0n) is 14.3. The first-order valence-corrected chi connectivity index (χ1v) is 7.93. The zero-order valence-corrected chi connectivity index (χ0v) is 15.1. The average Bonchev–Trinajstić information content (AvgIpc) is 3.03. The van der Waals surface area contributed by atoms with E-state index in [1.807, 2.05) is 24.3 Å². The van der Waals surface area contributed by atoms with Gasteiger partial charge in [-0.2, -0.15) is 4.73 Å². The molecule has 1 atom stereocenters. The summed E-state index contributed by atoms with van der Waals surface area (Å²) in [7, 11) is 1.63. The van der Waals surface area contributed by atoms with Gasteiger partial charge in [-0.05, 0) is 24.3 Å². The van der Waals surface area contributed by atoms with Crippen molar-refractivity contribution in [1.82, 2.24) is 9.71 Å². The number of thiocarbonyl (C=S) groups is 1. The summed E-state index contributed by atoms with van der Waals surface area (Å²) in [6.07, 6.45) is 4.44. The largest absolute Gasteiger partial charge is 0.497 e. The molecular weight excluding hydrogens is 328 g/mol. The highest BCUT2D eigenvalue weighted by Crippen LogP contribution is 2.24. The molecule has 0 saturated heterocycles. The van der Waals surface area contributed by atoms with E-state index in [1.165, 1.54) is 11.1 Å². The number of nitrogens with zero attached hydrogens (tertiary/aromatic N) is 2. The molecule has 6 nitrogen and oxygen atoms in total. The standard InChI is InChI=1S/C17H22N2O4S/c1-17(2,3)15(22-16(24)23-19-10-9-18-12-19)11-21-14-7-5-13(20-4)6-8-14/h5-10,12,15H,11H2,1-4H3. The lowest BCUT2D eigenvalue weighted by molar-refractivity contribution is 0.00721. The molecule has 2 aromatic rings. The van der Waals surface area contributed by atoms with Crippen molar-refractivity contribution in [1.29, 1.82) is 0 Å². The van der Waals surface area contributed by atoms with Gasteiger partial charge in [-0.1, -0.05) is 20.8 Å². The van der Waals surface area contributed by atoms with Crippen LogP contribution in [0.3, 0.4) is 0 Å². The van der Waals surface area contributed by atoms with Gasteiger partial charge in [0.1, 0.15) is 30.5 Å². The van der Waals surface area contributed by atoms with Crippen LogP contribution in [0.25, 0.3) is 0 Å². The Balaban J connectivity index is 1.93. The van der Waals surface area contributed by atoms with Gasteiger partial charge in [0, 0.05) is 23.8 Å². The molecule has 7 heteroatoms. The van der Waals surface area contributed by atoms with Crippen LogP contribution in [0.15, 0.2) is 43.0 Å². The summed E-state index contributed by atoms with van der Waals surface area (Å²) in [6, 6.07) is 7.38. The van der Waals surface area contributed by atoms with Crippen molar-refractivity contribution in [3.63, 3.8) is 0 Å². The summed E-state index contributed by atoms with van der Waals surface area (Å²) in [5.74, 6) is 1.51. The van der Waals surface area contributed by atoms with Crippen molar-refractivity contribution in [2.75, 3.05) is 13.7 Å². The second-order valence-corrected chi connectivity index (χ2v) is 6.56. The highest BCUT2D eigenvalue weighted by atomic mass is 32.1. The Kier molecular flexibility index (Phi) is 6.03. The smallest absolute Gasteiger partial charge is 0.378 e. The third kappa shape index (κ3) is 5.42. The lowest BCUT2D eigenvalue weighted by atomic mass is 9.89. The van der Waals surface area contributed by atoms with E-state index in [2.05, 4.69) is 25.8 Å². The molecule has 0 N–H and O–H groups in total. The maximum atomic E-state index is 5.82. The summed E-state index contributed by atoms with van der Waals surface area (Å²) in [5, 5.41) is 0.0197. The molecule has 1 aromatic heterocycles. The third-order valence-corrected chi connectivity index (χ3v) is 3.50. The van der Waals surface area contributed by atoms with Crippen LogP contribution in [-0.4, -0.2) is 34.8 Å². The zero-order chi connectivity index (χ0) is 17.6. The first-order chi connectivity index (χ1) is 11.4. The van der Waals surface area contributed by atoms with Crippen LogP contribution < -0.4 is 14.3 Å². The molecule has 0 spiro atoms. The maximum absolute atomic E-state index is 5.82. The molecule has 2 rings (SSSR count). The van der Waals surface area contributed by atoms with Crippen molar-refractivity contribution in [2.45, 2.75) is 26.9 Å². The van der Waals surface area contributed by atoms with Crippen LogP contribution in [0, 0.1) is 5.41 Å². The molecule has 1 heterocycles. The van der Waals surface area contributed by atoms with E-state index in [-0.39, 0.29) is 16.8 Å². The molecule has 1 unspecified atom stereocenters. The Bertz CT molecular complexity index is 636. The fraction of sp³-hybridized carbons (Fsp3) is 0.412. The lowest BCUT2D eigenvalue weighted by Crippen LogP contribution is -2.38. The SMILES string of the molecule is COc1ccc(OCC(OC(=S)On2ccnc2)C(C)(C)C)cc1. The Morgan fingerprint density at radius 3 is 2.42 bits per heavy atom. The quantitative estimate of drug-likeness (QED) is 0.746. The van der Waals surface area contributed by atoms with Crippen LogP contribution in [0.2, 0.25) is 0 Å². The Morgan fingerprint density at radius 1 is 1.21 bits per heavy atom. The number of hydrogen-bond donors (Lipinski definition) is 0. The summed E-state index contributed by atoms with van der Waals surface area (Å²) in [6.45, 7) is 6.49. The number of ether oxygens (including phenoxy) is 3. The summed E-state index contributed by atoms with van der Waals surface area (Å²) < 4.78 is 18.1. The van der Waals surface area contributed by atoms with E-state index in [4.69, 9.17) is 31.3 Å². The van der Waals surface area contributed by atoms with Crippen molar-refractivity contribution in [3.05, 3.63) is 43.0 Å². The highest BCUT2D eigenvalue weighted by Gasteiger charge is 2.29. The minimum absolute atomic E-state index is 0.0197. The van der Waals surface area contributed by atoms with E-state index >= 15 is 0 Å². The van der Waals surface area contributed by atoms with Crippen LogP contribution >= 0.6 is 12.2 Å². The summed E-state index contributed by atoms with van der Waals surface area (Å²) >= 11 is 5.15. The van der Waals surface area contributed by atoms with Crippen LogP contribution in [0.1, 0.15) is 20.8 Å². The Morgan fingerprint density at radius 2 is 1.88 bits per heavy atom. The molecule has 1 aromatic carbocycles. The summed E-state index contributed by atoms with van der Waals surface area (Å²) in [5.41, 5.74) is -0.186. The van der Waals surface area contributed by atoms with Crippen LogP contribution in [0.5, 0.6) is 11.5 Å². The van der Waals surface area contributed by atoms with E-state index in [0.29, 0.717) is 6.61 Å². The van der Waals surface area contributed by atoms with Gasteiger partial charge in [-0.3, -0.25) is 0 Å². The van der Waals surface area contributed by atoms with Crippen LogP contribution in [0.4, 0.5) is 0 Å². The second-order valence-electron chi connectivity index (χ2n) is 6.22. The van der Waals surface area contributed by atoms with Gasteiger partial charge < -0.3 is 19.0 Å². The van der Waals surface area contributed by atoms with Crippen LogP contribution in [-0.2, 0) is 4.74 Å². The average molecular weight is 350 g/mol. The van der Waals surface area contributed by atoms with E-state index in [1.54, 1.807) is 19.5 Å². The predicted octanol–water partition coefficient (Wildman–Crippen LogP) is 3.12. The molecule has 0 aliphatic heterocycles. The monoisotopic (exact) mass is 350 g/mol. The number of aromatic nitrogens is 2. The number of benzene rings is 1. The third-order valence-electron chi connectivity index (χ3n) is 3.33. The summed E-state index contributed by atoms with van der Waals surface area (Å²) in [4.78, 5) is 9.23. The van der Waals surface area contributed by atoms with Crippen molar-refractivity contribution >= 4 is 17.5 Å². The molecule has 0 saturated carbocycles. The van der Waals surface area contributed by atoms with Gasteiger partial charge in [0.25, 0.3) is 0 Å². The van der Waals surface area contributed by atoms with Gasteiger partial charge in [-0.15, -0.1) is 0 Å². The molecular formula is C17H22N2O4S.